The molecule has 0 unspecified atom stereocenters. The molecule has 2 heteroatoms. The maximum atomic E-state index is 3.49. The lowest BCUT2D eigenvalue weighted by Crippen LogP contribution is -2.26. The molecule has 0 aliphatic carbocycles. The fourth-order valence-corrected chi connectivity index (χ4v) is 2.20. The molecule has 0 saturated heterocycles. The maximum absolute atomic E-state index is 3.49. The van der Waals surface area contributed by atoms with Crippen molar-refractivity contribution in [3.63, 3.8) is 0 Å². The van der Waals surface area contributed by atoms with Gasteiger partial charge in [-0.15, -0.1) is 11.3 Å². The summed E-state index contributed by atoms with van der Waals surface area (Å²) >= 11 is 1.92. The number of rotatable bonds is 4. The van der Waals surface area contributed by atoms with Crippen molar-refractivity contribution in [2.45, 2.75) is 40.7 Å². The van der Waals surface area contributed by atoms with Crippen molar-refractivity contribution in [2.75, 3.05) is 6.54 Å². The molecule has 0 fully saturated rings. The molecule has 14 heavy (non-hydrogen) atoms. The Morgan fingerprint density at radius 1 is 1.21 bits per heavy atom. The van der Waals surface area contributed by atoms with Gasteiger partial charge in [0.25, 0.3) is 0 Å². The normalized spacial score (nSPS) is 12.0. The van der Waals surface area contributed by atoms with Gasteiger partial charge in [-0.05, 0) is 24.0 Å². The zero-order valence-corrected chi connectivity index (χ0v) is 10.5. The van der Waals surface area contributed by atoms with Gasteiger partial charge in [-0.3, -0.25) is 0 Å². The van der Waals surface area contributed by atoms with E-state index in [1.165, 1.54) is 9.75 Å². The molecule has 0 aromatic carbocycles. The summed E-state index contributed by atoms with van der Waals surface area (Å²) in [5.74, 6) is 0. The first-order chi connectivity index (χ1) is 6.51. The molecule has 0 amide bonds. The predicted molar refractivity (Wildman–Crippen MR) is 64.9 cm³/mol. The Labute approximate surface area is 91.5 Å². The van der Waals surface area contributed by atoms with E-state index in [0.29, 0.717) is 5.41 Å². The van der Waals surface area contributed by atoms with Crippen LogP contribution in [0.3, 0.4) is 0 Å². The Balaban J connectivity index is 2.31. The van der Waals surface area contributed by atoms with Gasteiger partial charge in [-0.2, -0.15) is 0 Å². The Morgan fingerprint density at radius 3 is 2.36 bits per heavy atom. The molecule has 0 aliphatic rings. The SMILES string of the molecule is CCc1ccc(CNCC(C)(C)C)s1. The van der Waals surface area contributed by atoms with Crippen LogP contribution in [0.2, 0.25) is 0 Å². The van der Waals surface area contributed by atoms with Crippen LogP contribution in [0.5, 0.6) is 0 Å². The number of thiophene rings is 1. The average molecular weight is 211 g/mol. The molecule has 1 aromatic rings. The van der Waals surface area contributed by atoms with E-state index in [9.17, 15) is 0 Å². The third kappa shape index (κ3) is 4.25. The molecule has 0 spiro atoms. The van der Waals surface area contributed by atoms with Gasteiger partial charge in [-0.25, -0.2) is 0 Å². The average Bonchev–Trinajstić information content (AvgIpc) is 2.50. The summed E-state index contributed by atoms with van der Waals surface area (Å²) in [6.45, 7) is 11.1. The molecule has 1 heterocycles. The van der Waals surface area contributed by atoms with Gasteiger partial charge < -0.3 is 5.32 Å². The van der Waals surface area contributed by atoms with Crippen LogP contribution in [0, 0.1) is 5.41 Å². The van der Waals surface area contributed by atoms with E-state index in [1.807, 2.05) is 11.3 Å². The van der Waals surface area contributed by atoms with Crippen molar-refractivity contribution in [1.82, 2.24) is 5.32 Å². The van der Waals surface area contributed by atoms with E-state index in [2.05, 4.69) is 45.1 Å². The van der Waals surface area contributed by atoms with E-state index in [4.69, 9.17) is 0 Å². The fourth-order valence-electron chi connectivity index (χ4n) is 1.27. The quantitative estimate of drug-likeness (QED) is 0.804. The Hall–Kier alpha value is -0.340. The van der Waals surface area contributed by atoms with Crippen LogP contribution >= 0.6 is 11.3 Å². The van der Waals surface area contributed by atoms with E-state index < -0.39 is 0 Å². The highest BCUT2D eigenvalue weighted by molar-refractivity contribution is 7.11. The molecule has 0 bridgehead atoms. The highest BCUT2D eigenvalue weighted by atomic mass is 32.1. The lowest BCUT2D eigenvalue weighted by molar-refractivity contribution is 0.380. The maximum Gasteiger partial charge on any atom is 0.0300 e. The zero-order chi connectivity index (χ0) is 10.6. The minimum atomic E-state index is 0.380. The van der Waals surface area contributed by atoms with Crippen molar-refractivity contribution >= 4 is 11.3 Å². The summed E-state index contributed by atoms with van der Waals surface area (Å²) in [6.07, 6.45) is 1.16. The number of hydrogen-bond acceptors (Lipinski definition) is 2. The number of nitrogens with one attached hydrogen (secondary N) is 1. The van der Waals surface area contributed by atoms with E-state index in [0.717, 1.165) is 19.5 Å². The molecule has 80 valence electrons. The molecular weight excluding hydrogens is 190 g/mol. The molecule has 0 saturated carbocycles. The van der Waals surface area contributed by atoms with E-state index in [-0.39, 0.29) is 0 Å². The van der Waals surface area contributed by atoms with Crippen LogP contribution < -0.4 is 5.32 Å². The lowest BCUT2D eigenvalue weighted by atomic mass is 9.97. The van der Waals surface area contributed by atoms with Gasteiger partial charge in [-0.1, -0.05) is 27.7 Å². The molecule has 1 aromatic heterocycles. The van der Waals surface area contributed by atoms with Gasteiger partial charge in [0, 0.05) is 22.8 Å². The Kier molecular flexibility index (Phi) is 4.14. The minimum Gasteiger partial charge on any atom is -0.311 e. The monoisotopic (exact) mass is 211 g/mol. The fraction of sp³-hybridized carbons (Fsp3) is 0.667. The van der Waals surface area contributed by atoms with Crippen LogP contribution in [0.15, 0.2) is 12.1 Å². The van der Waals surface area contributed by atoms with Gasteiger partial charge >= 0.3 is 0 Å². The third-order valence-corrected chi connectivity index (χ3v) is 3.25. The summed E-state index contributed by atoms with van der Waals surface area (Å²) in [5, 5.41) is 3.49. The summed E-state index contributed by atoms with van der Waals surface area (Å²) in [4.78, 5) is 2.93. The second kappa shape index (κ2) is 4.94. The van der Waals surface area contributed by atoms with Crippen molar-refractivity contribution in [1.29, 1.82) is 0 Å². The highest BCUT2D eigenvalue weighted by Crippen LogP contribution is 2.17. The molecule has 1 N–H and O–H groups in total. The van der Waals surface area contributed by atoms with Crippen molar-refractivity contribution in [3.05, 3.63) is 21.9 Å². The summed E-state index contributed by atoms with van der Waals surface area (Å²) < 4.78 is 0. The van der Waals surface area contributed by atoms with Crippen molar-refractivity contribution in [2.24, 2.45) is 5.41 Å². The van der Waals surface area contributed by atoms with Gasteiger partial charge in [0.1, 0.15) is 0 Å². The van der Waals surface area contributed by atoms with Crippen LogP contribution in [0.1, 0.15) is 37.4 Å². The third-order valence-electron chi connectivity index (χ3n) is 2.02. The Morgan fingerprint density at radius 2 is 1.86 bits per heavy atom. The smallest absolute Gasteiger partial charge is 0.0300 e. The predicted octanol–water partition coefficient (Wildman–Crippen LogP) is 3.45. The summed E-state index contributed by atoms with van der Waals surface area (Å²) in [7, 11) is 0. The first-order valence-corrected chi connectivity index (χ1v) is 6.11. The first kappa shape index (κ1) is 11.7. The number of hydrogen-bond donors (Lipinski definition) is 1. The van der Waals surface area contributed by atoms with Crippen molar-refractivity contribution < 1.29 is 0 Å². The topological polar surface area (TPSA) is 12.0 Å². The second-order valence-electron chi connectivity index (χ2n) is 4.89. The van der Waals surface area contributed by atoms with Crippen LogP contribution in [0.4, 0.5) is 0 Å². The zero-order valence-electron chi connectivity index (χ0n) is 9.68. The largest absolute Gasteiger partial charge is 0.311 e. The second-order valence-corrected chi connectivity index (χ2v) is 6.14. The van der Waals surface area contributed by atoms with E-state index in [1.54, 1.807) is 0 Å². The Bertz CT molecular complexity index is 270. The summed E-state index contributed by atoms with van der Waals surface area (Å²) in [6, 6.07) is 4.47. The molecule has 0 atom stereocenters. The van der Waals surface area contributed by atoms with Crippen LogP contribution in [0.25, 0.3) is 0 Å². The molecule has 1 nitrogen and oxygen atoms in total. The van der Waals surface area contributed by atoms with Gasteiger partial charge in [0.15, 0.2) is 0 Å². The minimum absolute atomic E-state index is 0.380. The van der Waals surface area contributed by atoms with Gasteiger partial charge in [0.05, 0.1) is 0 Å². The highest BCUT2D eigenvalue weighted by Gasteiger charge is 2.08. The van der Waals surface area contributed by atoms with E-state index >= 15 is 0 Å². The van der Waals surface area contributed by atoms with Crippen LogP contribution in [-0.4, -0.2) is 6.54 Å². The molecular formula is C12H21NS. The standard InChI is InChI=1S/C12H21NS/c1-5-10-6-7-11(14-10)8-13-9-12(2,3)4/h6-7,13H,5,8-9H2,1-4H3. The van der Waals surface area contributed by atoms with Crippen molar-refractivity contribution in [3.8, 4) is 0 Å². The number of aryl methyl sites for hydroxylation is 1. The first-order valence-electron chi connectivity index (χ1n) is 5.29. The summed E-state index contributed by atoms with van der Waals surface area (Å²) in [5.41, 5.74) is 0.380. The molecule has 0 radical (unpaired) electrons. The van der Waals surface area contributed by atoms with Gasteiger partial charge in [0.2, 0.25) is 0 Å². The molecule has 0 aliphatic heterocycles. The lowest BCUT2D eigenvalue weighted by Gasteiger charge is -2.18. The molecule has 1 rings (SSSR count). The van der Waals surface area contributed by atoms with Crippen LogP contribution in [-0.2, 0) is 13.0 Å².